The summed E-state index contributed by atoms with van der Waals surface area (Å²) in [5.74, 6) is -2.48. The van der Waals surface area contributed by atoms with Crippen molar-refractivity contribution in [1.29, 1.82) is 0 Å². The Bertz CT molecular complexity index is 595. The molecule has 1 aliphatic carbocycles. The van der Waals surface area contributed by atoms with Crippen LogP contribution in [0.1, 0.15) is 31.2 Å². The van der Waals surface area contributed by atoms with Gasteiger partial charge in [0.1, 0.15) is 6.61 Å². The Hall–Kier alpha value is -2.29. The lowest BCUT2D eigenvalue weighted by Crippen LogP contribution is -2.53. The molecule has 2 unspecified atom stereocenters. The topological polar surface area (TPSA) is 81.9 Å². The van der Waals surface area contributed by atoms with Crippen molar-refractivity contribution in [3.8, 4) is 0 Å². The number of carbonyl (C=O) groups excluding carboxylic acids is 2. The van der Waals surface area contributed by atoms with Gasteiger partial charge < -0.3 is 15.3 Å². The van der Waals surface area contributed by atoms with Gasteiger partial charge in [0.25, 0.3) is 0 Å². The molecule has 1 saturated carbocycles. The summed E-state index contributed by atoms with van der Waals surface area (Å²) in [4.78, 5) is 27.7. The molecule has 1 aromatic rings. The SMILES string of the molecule is NC1CCCCC1N(OC(=O)C(F)(F)F)C(=O)OCc1ccccc1. The van der Waals surface area contributed by atoms with E-state index in [2.05, 4.69) is 4.84 Å². The quantitative estimate of drug-likeness (QED) is 0.838. The highest BCUT2D eigenvalue weighted by Gasteiger charge is 2.45. The van der Waals surface area contributed by atoms with Gasteiger partial charge in [-0.25, -0.2) is 9.59 Å². The Morgan fingerprint density at radius 3 is 2.40 bits per heavy atom. The van der Waals surface area contributed by atoms with Crippen molar-refractivity contribution in [2.75, 3.05) is 0 Å². The predicted molar refractivity (Wildman–Crippen MR) is 80.8 cm³/mol. The maximum absolute atomic E-state index is 12.5. The van der Waals surface area contributed by atoms with Gasteiger partial charge in [0.05, 0.1) is 6.04 Å². The molecule has 1 aromatic carbocycles. The first-order valence-corrected chi connectivity index (χ1v) is 7.83. The maximum atomic E-state index is 12.5. The smallest absolute Gasteiger partial charge is 0.442 e. The number of halogens is 3. The summed E-state index contributed by atoms with van der Waals surface area (Å²) in [5.41, 5.74) is 6.53. The Labute approximate surface area is 142 Å². The molecule has 0 radical (unpaired) electrons. The number of nitrogens with two attached hydrogens (primary N) is 1. The largest absolute Gasteiger partial charge is 0.493 e. The van der Waals surface area contributed by atoms with Crippen molar-refractivity contribution in [2.45, 2.75) is 50.6 Å². The monoisotopic (exact) mass is 360 g/mol. The fraction of sp³-hybridized carbons (Fsp3) is 0.500. The summed E-state index contributed by atoms with van der Waals surface area (Å²) < 4.78 is 42.5. The van der Waals surface area contributed by atoms with Gasteiger partial charge in [0.15, 0.2) is 0 Å². The fourth-order valence-electron chi connectivity index (χ4n) is 2.60. The minimum Gasteiger partial charge on any atom is -0.442 e. The third-order valence-corrected chi connectivity index (χ3v) is 3.88. The van der Waals surface area contributed by atoms with Crippen molar-refractivity contribution in [2.24, 2.45) is 5.73 Å². The summed E-state index contributed by atoms with van der Waals surface area (Å²) in [5, 5.41) is 0.336. The van der Waals surface area contributed by atoms with Crippen LogP contribution < -0.4 is 5.73 Å². The maximum Gasteiger partial charge on any atom is 0.493 e. The minimum absolute atomic E-state index is 0.165. The van der Waals surface area contributed by atoms with E-state index in [0.29, 0.717) is 29.9 Å². The van der Waals surface area contributed by atoms with Crippen molar-refractivity contribution in [3.63, 3.8) is 0 Å². The van der Waals surface area contributed by atoms with E-state index in [1.807, 2.05) is 0 Å². The Morgan fingerprint density at radius 1 is 1.16 bits per heavy atom. The summed E-state index contributed by atoms with van der Waals surface area (Å²) in [6.45, 7) is -0.165. The molecule has 138 valence electrons. The number of hydrogen-bond acceptors (Lipinski definition) is 5. The van der Waals surface area contributed by atoms with Crippen LogP contribution in [-0.2, 0) is 21.0 Å². The van der Waals surface area contributed by atoms with Gasteiger partial charge in [-0.05, 0) is 18.4 Å². The van der Waals surface area contributed by atoms with Crippen molar-refractivity contribution in [1.82, 2.24) is 5.06 Å². The molecule has 1 aliphatic rings. The highest BCUT2D eigenvalue weighted by Crippen LogP contribution is 2.25. The Balaban J connectivity index is 2.09. The molecule has 2 rings (SSSR count). The first-order chi connectivity index (χ1) is 11.8. The van der Waals surface area contributed by atoms with Crippen LogP contribution in [0.3, 0.4) is 0 Å². The van der Waals surface area contributed by atoms with Gasteiger partial charge in [-0.1, -0.05) is 43.2 Å². The number of amides is 1. The van der Waals surface area contributed by atoms with E-state index >= 15 is 0 Å². The van der Waals surface area contributed by atoms with E-state index in [0.717, 1.165) is 6.42 Å². The molecule has 0 saturated heterocycles. The van der Waals surface area contributed by atoms with Crippen LogP contribution >= 0.6 is 0 Å². The number of hydrogen-bond donors (Lipinski definition) is 1. The van der Waals surface area contributed by atoms with E-state index in [9.17, 15) is 22.8 Å². The molecule has 2 N–H and O–H groups in total. The van der Waals surface area contributed by atoms with E-state index in [1.54, 1.807) is 30.3 Å². The zero-order valence-electron chi connectivity index (χ0n) is 13.4. The second-order valence-corrected chi connectivity index (χ2v) is 5.76. The third-order valence-electron chi connectivity index (χ3n) is 3.88. The lowest BCUT2D eigenvalue weighted by atomic mass is 9.91. The molecule has 25 heavy (non-hydrogen) atoms. The first kappa shape index (κ1) is 19.0. The van der Waals surface area contributed by atoms with Crippen LogP contribution in [0, 0.1) is 0 Å². The Morgan fingerprint density at radius 2 is 1.80 bits per heavy atom. The molecular formula is C16H19F3N2O4. The summed E-state index contributed by atoms with van der Waals surface area (Å²) >= 11 is 0. The molecule has 0 aromatic heterocycles. The minimum atomic E-state index is -5.23. The molecule has 1 amide bonds. The number of hydroxylamine groups is 2. The van der Waals surface area contributed by atoms with E-state index in [1.165, 1.54) is 0 Å². The molecule has 6 nitrogen and oxygen atoms in total. The molecule has 0 spiro atoms. The Kier molecular flexibility index (Phi) is 6.24. The third kappa shape index (κ3) is 5.35. The van der Waals surface area contributed by atoms with E-state index < -0.39 is 30.3 Å². The van der Waals surface area contributed by atoms with Gasteiger partial charge in [-0.3, -0.25) is 0 Å². The van der Waals surface area contributed by atoms with Crippen LogP contribution in [0.4, 0.5) is 18.0 Å². The summed E-state index contributed by atoms with van der Waals surface area (Å²) in [7, 11) is 0. The zero-order valence-corrected chi connectivity index (χ0v) is 13.4. The lowest BCUT2D eigenvalue weighted by molar-refractivity contribution is -0.239. The van der Waals surface area contributed by atoms with E-state index in [-0.39, 0.29) is 6.61 Å². The second kappa shape index (κ2) is 8.19. The standard InChI is InChI=1S/C16H19F3N2O4/c17-16(18,19)14(22)25-21(13-9-5-4-8-12(13)20)15(23)24-10-11-6-2-1-3-7-11/h1-3,6-7,12-13H,4-5,8-10,20H2. The number of benzene rings is 1. The molecule has 0 aliphatic heterocycles. The fourth-order valence-corrected chi connectivity index (χ4v) is 2.60. The van der Waals surface area contributed by atoms with E-state index in [4.69, 9.17) is 10.5 Å². The average molecular weight is 360 g/mol. The van der Waals surface area contributed by atoms with Crippen LogP contribution in [0.2, 0.25) is 0 Å². The molecule has 0 bridgehead atoms. The van der Waals surface area contributed by atoms with Crippen LogP contribution in [0.15, 0.2) is 30.3 Å². The van der Waals surface area contributed by atoms with Crippen LogP contribution in [0.5, 0.6) is 0 Å². The average Bonchev–Trinajstić information content (AvgIpc) is 2.58. The summed E-state index contributed by atoms with van der Waals surface area (Å²) in [6, 6.07) is 7.13. The zero-order chi connectivity index (χ0) is 18.4. The number of rotatable bonds is 3. The number of alkyl halides is 3. The van der Waals surface area contributed by atoms with Crippen molar-refractivity contribution >= 4 is 12.1 Å². The van der Waals surface area contributed by atoms with Gasteiger partial charge in [0.2, 0.25) is 0 Å². The second-order valence-electron chi connectivity index (χ2n) is 5.76. The summed E-state index contributed by atoms with van der Waals surface area (Å²) in [6.07, 6.45) is -4.12. The number of nitrogens with zero attached hydrogens (tertiary/aromatic N) is 1. The predicted octanol–water partition coefficient (Wildman–Crippen LogP) is 2.92. The molecule has 1 fully saturated rings. The van der Waals surface area contributed by atoms with Crippen LogP contribution in [0.25, 0.3) is 0 Å². The molecule has 2 atom stereocenters. The van der Waals surface area contributed by atoms with Gasteiger partial charge in [0, 0.05) is 6.04 Å². The van der Waals surface area contributed by atoms with Crippen LogP contribution in [-0.4, -0.2) is 35.4 Å². The highest BCUT2D eigenvalue weighted by atomic mass is 19.4. The van der Waals surface area contributed by atoms with Gasteiger partial charge in [-0.2, -0.15) is 13.2 Å². The number of carbonyl (C=O) groups is 2. The van der Waals surface area contributed by atoms with Gasteiger partial charge >= 0.3 is 18.2 Å². The normalized spacial score (nSPS) is 20.6. The van der Waals surface area contributed by atoms with Crippen molar-refractivity contribution in [3.05, 3.63) is 35.9 Å². The van der Waals surface area contributed by atoms with Gasteiger partial charge in [-0.15, -0.1) is 5.06 Å². The lowest BCUT2D eigenvalue weighted by Gasteiger charge is -2.35. The highest BCUT2D eigenvalue weighted by molar-refractivity contribution is 5.77. The molecule has 9 heteroatoms. The molecule has 0 heterocycles. The van der Waals surface area contributed by atoms with Crippen molar-refractivity contribution < 1.29 is 32.3 Å². The number of ether oxygens (including phenoxy) is 1. The first-order valence-electron chi connectivity index (χ1n) is 7.83. The molecular weight excluding hydrogens is 341 g/mol.